The van der Waals surface area contributed by atoms with Crippen LogP contribution in [0.5, 0.6) is 5.75 Å². The van der Waals surface area contributed by atoms with E-state index in [0.29, 0.717) is 17.0 Å². The minimum Gasteiger partial charge on any atom is -0.495 e. The number of ketones is 1. The van der Waals surface area contributed by atoms with Crippen LogP contribution in [0.25, 0.3) is 0 Å². The highest BCUT2D eigenvalue weighted by atomic mass is 32.2. The number of para-hydroxylation sites is 1. The molecule has 6 heteroatoms. The minimum atomic E-state index is -3.76. The van der Waals surface area contributed by atoms with E-state index in [-0.39, 0.29) is 23.6 Å². The number of ether oxygens (including phenoxy) is 1. The molecule has 2 aromatic rings. The zero-order valence-electron chi connectivity index (χ0n) is 13.7. The summed E-state index contributed by atoms with van der Waals surface area (Å²) in [7, 11) is -2.29. The zero-order chi connectivity index (χ0) is 17.3. The summed E-state index contributed by atoms with van der Waals surface area (Å²) in [5.41, 5.74) is 1.78. The molecule has 0 amide bonds. The highest BCUT2D eigenvalue weighted by Gasteiger charge is 2.34. The van der Waals surface area contributed by atoms with Gasteiger partial charge in [-0.05, 0) is 36.2 Å². The van der Waals surface area contributed by atoms with Crippen molar-refractivity contribution >= 4 is 21.5 Å². The minimum absolute atomic E-state index is 0.0725. The molecule has 0 radical (unpaired) electrons. The second-order valence-corrected chi connectivity index (χ2v) is 7.47. The van der Waals surface area contributed by atoms with E-state index in [2.05, 4.69) is 0 Å². The SMILES string of the molecule is CCc1ccc(S(=O)(=O)N2CCC(=O)c3cccc(OC)c32)cc1. The van der Waals surface area contributed by atoms with Gasteiger partial charge in [0.2, 0.25) is 0 Å². The lowest BCUT2D eigenvalue weighted by Crippen LogP contribution is -2.37. The summed E-state index contributed by atoms with van der Waals surface area (Å²) < 4.78 is 32.7. The second kappa shape index (κ2) is 6.28. The summed E-state index contributed by atoms with van der Waals surface area (Å²) >= 11 is 0. The lowest BCUT2D eigenvalue weighted by molar-refractivity contribution is 0.0981. The van der Waals surface area contributed by atoms with E-state index in [0.717, 1.165) is 12.0 Å². The van der Waals surface area contributed by atoms with Gasteiger partial charge in [-0.3, -0.25) is 9.10 Å². The third-order valence-corrected chi connectivity index (χ3v) is 6.04. The van der Waals surface area contributed by atoms with Crippen LogP contribution in [0.3, 0.4) is 0 Å². The Kier molecular flexibility index (Phi) is 4.32. The molecule has 2 aromatic carbocycles. The molecular weight excluding hydrogens is 326 g/mol. The lowest BCUT2D eigenvalue weighted by atomic mass is 10.0. The molecule has 0 N–H and O–H groups in total. The topological polar surface area (TPSA) is 63.7 Å². The van der Waals surface area contributed by atoms with Gasteiger partial charge in [0, 0.05) is 18.5 Å². The van der Waals surface area contributed by atoms with Gasteiger partial charge in [-0.25, -0.2) is 8.42 Å². The Morgan fingerprint density at radius 2 is 1.83 bits per heavy atom. The van der Waals surface area contributed by atoms with Crippen molar-refractivity contribution in [1.29, 1.82) is 0 Å². The van der Waals surface area contributed by atoms with Crippen molar-refractivity contribution in [3.05, 3.63) is 53.6 Å². The maximum atomic E-state index is 13.1. The number of fused-ring (bicyclic) bond motifs is 1. The van der Waals surface area contributed by atoms with Crippen molar-refractivity contribution < 1.29 is 17.9 Å². The fourth-order valence-electron chi connectivity index (χ4n) is 2.88. The standard InChI is InChI=1S/C18H19NO4S/c1-3-13-7-9-14(10-8-13)24(21,22)19-12-11-16(20)15-5-4-6-17(23-2)18(15)19/h4-10H,3,11-12H2,1-2H3. The van der Waals surface area contributed by atoms with E-state index in [9.17, 15) is 13.2 Å². The number of hydrogen-bond donors (Lipinski definition) is 0. The van der Waals surface area contributed by atoms with Crippen molar-refractivity contribution in [3.8, 4) is 5.75 Å². The highest BCUT2D eigenvalue weighted by Crippen LogP contribution is 2.39. The smallest absolute Gasteiger partial charge is 0.264 e. The third-order valence-electron chi connectivity index (χ3n) is 4.23. The number of hydrogen-bond acceptors (Lipinski definition) is 4. The average Bonchev–Trinajstić information content (AvgIpc) is 2.61. The Bertz CT molecular complexity index is 872. The Morgan fingerprint density at radius 3 is 2.46 bits per heavy atom. The number of aryl methyl sites for hydroxylation is 1. The van der Waals surface area contributed by atoms with E-state index in [4.69, 9.17) is 4.74 Å². The number of sulfonamides is 1. The first-order valence-electron chi connectivity index (χ1n) is 7.81. The fourth-order valence-corrected chi connectivity index (χ4v) is 4.38. The molecule has 1 aliphatic rings. The van der Waals surface area contributed by atoms with Crippen LogP contribution < -0.4 is 9.04 Å². The first-order valence-corrected chi connectivity index (χ1v) is 9.25. The molecule has 0 saturated heterocycles. The summed E-state index contributed by atoms with van der Waals surface area (Å²) in [6.07, 6.45) is 1.00. The average molecular weight is 345 g/mol. The third kappa shape index (κ3) is 2.67. The van der Waals surface area contributed by atoms with Crippen LogP contribution in [-0.2, 0) is 16.4 Å². The van der Waals surface area contributed by atoms with Gasteiger partial charge in [0.25, 0.3) is 10.0 Å². The number of anilines is 1. The number of rotatable bonds is 4. The molecule has 0 atom stereocenters. The molecule has 0 unspecified atom stereocenters. The van der Waals surface area contributed by atoms with E-state index < -0.39 is 10.0 Å². The molecular formula is C18H19NO4S. The van der Waals surface area contributed by atoms with Gasteiger partial charge >= 0.3 is 0 Å². The van der Waals surface area contributed by atoms with Crippen LogP contribution in [0.4, 0.5) is 5.69 Å². The van der Waals surface area contributed by atoms with Gasteiger partial charge in [0.05, 0.1) is 12.0 Å². The monoisotopic (exact) mass is 345 g/mol. The van der Waals surface area contributed by atoms with Crippen molar-refractivity contribution in [2.75, 3.05) is 18.0 Å². The maximum Gasteiger partial charge on any atom is 0.264 e. The molecule has 1 heterocycles. The molecule has 0 saturated carbocycles. The molecule has 0 fully saturated rings. The Labute approximate surface area is 141 Å². The van der Waals surface area contributed by atoms with Gasteiger partial charge in [0.1, 0.15) is 11.4 Å². The Morgan fingerprint density at radius 1 is 1.12 bits per heavy atom. The molecule has 0 aliphatic carbocycles. The second-order valence-electron chi connectivity index (χ2n) is 5.60. The highest BCUT2D eigenvalue weighted by molar-refractivity contribution is 7.92. The summed E-state index contributed by atoms with van der Waals surface area (Å²) in [4.78, 5) is 12.4. The normalized spacial score (nSPS) is 14.4. The van der Waals surface area contributed by atoms with Crippen molar-refractivity contribution in [2.45, 2.75) is 24.7 Å². The summed E-state index contributed by atoms with van der Waals surface area (Å²) in [5.74, 6) is 0.311. The molecule has 1 aliphatic heterocycles. The van der Waals surface area contributed by atoms with Crippen LogP contribution in [0.15, 0.2) is 47.4 Å². The number of Topliss-reactive ketones (excluding diaryl/α,β-unsaturated/α-hetero) is 1. The molecule has 0 spiro atoms. The molecule has 0 bridgehead atoms. The number of nitrogens with zero attached hydrogens (tertiary/aromatic N) is 1. The van der Waals surface area contributed by atoms with Crippen LogP contribution >= 0.6 is 0 Å². The van der Waals surface area contributed by atoms with Gasteiger partial charge in [-0.15, -0.1) is 0 Å². The fraction of sp³-hybridized carbons (Fsp3) is 0.278. The molecule has 5 nitrogen and oxygen atoms in total. The van der Waals surface area contributed by atoms with Gasteiger partial charge in [-0.2, -0.15) is 0 Å². The van der Waals surface area contributed by atoms with Crippen molar-refractivity contribution in [3.63, 3.8) is 0 Å². The van der Waals surface area contributed by atoms with Crippen molar-refractivity contribution in [2.24, 2.45) is 0 Å². The lowest BCUT2D eigenvalue weighted by Gasteiger charge is -2.31. The van der Waals surface area contributed by atoms with E-state index in [1.165, 1.54) is 11.4 Å². The first-order chi connectivity index (χ1) is 11.5. The van der Waals surface area contributed by atoms with Crippen LogP contribution in [0.2, 0.25) is 0 Å². The number of carbonyl (C=O) groups excluding carboxylic acids is 1. The van der Waals surface area contributed by atoms with E-state index in [1.54, 1.807) is 30.3 Å². The van der Waals surface area contributed by atoms with E-state index >= 15 is 0 Å². The summed E-state index contributed by atoms with van der Waals surface area (Å²) in [6, 6.07) is 11.8. The molecule has 3 rings (SSSR count). The maximum absolute atomic E-state index is 13.1. The van der Waals surface area contributed by atoms with Crippen LogP contribution in [0.1, 0.15) is 29.3 Å². The predicted octanol–water partition coefficient (Wildman–Crippen LogP) is 3.04. The van der Waals surface area contributed by atoms with Gasteiger partial charge in [0.15, 0.2) is 5.78 Å². The summed E-state index contributed by atoms with van der Waals surface area (Å²) in [6.45, 7) is 2.13. The number of methoxy groups -OCH3 is 1. The van der Waals surface area contributed by atoms with Gasteiger partial charge < -0.3 is 4.74 Å². The first kappa shape index (κ1) is 16.5. The van der Waals surface area contributed by atoms with Crippen molar-refractivity contribution in [1.82, 2.24) is 0 Å². The largest absolute Gasteiger partial charge is 0.495 e. The quantitative estimate of drug-likeness (QED) is 0.854. The predicted molar refractivity (Wildman–Crippen MR) is 92.3 cm³/mol. The molecule has 126 valence electrons. The molecule has 24 heavy (non-hydrogen) atoms. The van der Waals surface area contributed by atoms with Crippen LogP contribution in [-0.4, -0.2) is 27.9 Å². The molecule has 0 aromatic heterocycles. The Balaban J connectivity index is 2.13. The van der Waals surface area contributed by atoms with Gasteiger partial charge in [-0.1, -0.05) is 25.1 Å². The number of carbonyl (C=O) groups is 1. The Hall–Kier alpha value is -2.34. The number of benzene rings is 2. The van der Waals surface area contributed by atoms with E-state index in [1.807, 2.05) is 19.1 Å². The zero-order valence-corrected chi connectivity index (χ0v) is 14.5. The summed E-state index contributed by atoms with van der Waals surface area (Å²) in [5, 5.41) is 0. The van der Waals surface area contributed by atoms with Crippen LogP contribution in [0, 0.1) is 0 Å².